The number of sulfonamides is 1. The van der Waals surface area contributed by atoms with Crippen LogP contribution in [-0.4, -0.2) is 24.6 Å². The van der Waals surface area contributed by atoms with Crippen LogP contribution in [-0.2, 0) is 10.0 Å². The number of nitrogens with zero attached hydrogens (tertiary/aromatic N) is 2. The molecule has 3 rings (SSSR count). The minimum Gasteiger partial charge on any atom is -0.333 e. The van der Waals surface area contributed by atoms with Crippen LogP contribution in [0.5, 0.6) is 0 Å². The molecule has 1 N–H and O–H groups in total. The van der Waals surface area contributed by atoms with Crippen molar-refractivity contribution in [3.05, 3.63) is 40.2 Å². The van der Waals surface area contributed by atoms with Crippen molar-refractivity contribution in [2.75, 3.05) is 0 Å². The zero-order chi connectivity index (χ0) is 18.9. The molecule has 0 saturated heterocycles. The normalized spacial score (nSPS) is 13.1. The molecule has 0 radical (unpaired) electrons. The minimum atomic E-state index is -3.59. The van der Waals surface area contributed by atoms with Crippen LogP contribution in [0, 0.1) is 6.92 Å². The molecule has 138 valence electrons. The molecule has 0 spiro atoms. The quantitative estimate of drug-likeness (QED) is 0.645. The Morgan fingerprint density at radius 3 is 2.81 bits per heavy atom. The first-order chi connectivity index (χ1) is 12.3. The van der Waals surface area contributed by atoms with Crippen LogP contribution >= 0.6 is 22.9 Å². The third-order valence-corrected chi connectivity index (χ3v) is 6.97. The van der Waals surface area contributed by atoms with E-state index in [-0.39, 0.29) is 16.8 Å². The van der Waals surface area contributed by atoms with E-state index in [1.54, 1.807) is 31.2 Å². The van der Waals surface area contributed by atoms with Crippen LogP contribution in [0.4, 0.5) is 0 Å². The van der Waals surface area contributed by atoms with E-state index >= 15 is 0 Å². The van der Waals surface area contributed by atoms with Crippen molar-refractivity contribution in [2.24, 2.45) is 0 Å². The van der Waals surface area contributed by atoms with Gasteiger partial charge in [-0.1, -0.05) is 35.8 Å². The molecule has 9 heteroatoms. The van der Waals surface area contributed by atoms with Gasteiger partial charge in [0.2, 0.25) is 15.8 Å². The molecule has 1 aromatic carbocycles. The first-order valence-corrected chi connectivity index (χ1v) is 10.7. The molecule has 0 aliphatic carbocycles. The molecular formula is C17H18ClN3O3S2. The number of aromatic nitrogens is 2. The highest BCUT2D eigenvalue weighted by molar-refractivity contribution is 7.89. The van der Waals surface area contributed by atoms with Gasteiger partial charge in [0.05, 0.1) is 9.77 Å². The van der Waals surface area contributed by atoms with Gasteiger partial charge in [0.25, 0.3) is 5.89 Å². The van der Waals surface area contributed by atoms with Crippen molar-refractivity contribution < 1.29 is 12.9 Å². The summed E-state index contributed by atoms with van der Waals surface area (Å²) in [4.78, 5) is 5.87. The van der Waals surface area contributed by atoms with Crippen LogP contribution in [0.3, 0.4) is 0 Å². The summed E-state index contributed by atoms with van der Waals surface area (Å²) in [6.45, 7) is 5.51. The molecule has 6 nitrogen and oxygen atoms in total. The van der Waals surface area contributed by atoms with E-state index in [4.69, 9.17) is 16.1 Å². The number of rotatable bonds is 6. The number of halogens is 1. The second-order valence-electron chi connectivity index (χ2n) is 5.90. The van der Waals surface area contributed by atoms with Gasteiger partial charge in [-0.25, -0.2) is 13.1 Å². The maximum atomic E-state index is 12.5. The van der Waals surface area contributed by atoms with Crippen LogP contribution in [0.1, 0.15) is 25.1 Å². The largest absolute Gasteiger partial charge is 0.333 e. The second kappa shape index (κ2) is 7.48. The zero-order valence-corrected chi connectivity index (χ0v) is 16.9. The van der Waals surface area contributed by atoms with Gasteiger partial charge in [-0.2, -0.15) is 4.98 Å². The monoisotopic (exact) mass is 411 g/mol. The molecule has 0 aliphatic heterocycles. The Bertz CT molecular complexity index is 1030. The predicted molar refractivity (Wildman–Crippen MR) is 103 cm³/mol. The van der Waals surface area contributed by atoms with E-state index in [0.717, 1.165) is 5.56 Å². The summed E-state index contributed by atoms with van der Waals surface area (Å²) in [5.41, 5.74) is 0.729. The van der Waals surface area contributed by atoms with Gasteiger partial charge in [0.1, 0.15) is 0 Å². The van der Waals surface area contributed by atoms with Gasteiger partial charge in [0.15, 0.2) is 0 Å². The molecule has 2 aromatic heterocycles. The molecular weight excluding hydrogens is 394 g/mol. The number of thiophene rings is 1. The zero-order valence-electron chi connectivity index (χ0n) is 14.5. The van der Waals surface area contributed by atoms with E-state index in [1.165, 1.54) is 11.3 Å². The molecule has 0 fully saturated rings. The molecule has 0 unspecified atom stereocenters. The summed E-state index contributed by atoms with van der Waals surface area (Å²) >= 11 is 7.29. The van der Waals surface area contributed by atoms with Crippen molar-refractivity contribution >= 4 is 33.0 Å². The fourth-order valence-corrected chi connectivity index (χ4v) is 5.35. The first-order valence-electron chi connectivity index (χ1n) is 8.03. The van der Waals surface area contributed by atoms with Gasteiger partial charge in [-0.3, -0.25) is 0 Å². The summed E-state index contributed by atoms with van der Waals surface area (Å²) < 4.78 is 33.1. The van der Waals surface area contributed by atoms with E-state index in [0.29, 0.717) is 27.0 Å². The maximum Gasteiger partial charge on any atom is 0.268 e. The second-order valence-corrected chi connectivity index (χ2v) is 9.27. The predicted octanol–water partition coefficient (Wildman–Crippen LogP) is 4.50. The summed E-state index contributed by atoms with van der Waals surface area (Å²) in [6.07, 6.45) is 0.710. The van der Waals surface area contributed by atoms with Gasteiger partial charge >= 0.3 is 0 Å². The highest BCUT2D eigenvalue weighted by atomic mass is 35.5. The number of nitrogens with one attached hydrogen (secondary N) is 1. The van der Waals surface area contributed by atoms with Crippen molar-refractivity contribution in [1.82, 2.24) is 14.9 Å². The fourth-order valence-electron chi connectivity index (χ4n) is 2.32. The van der Waals surface area contributed by atoms with Crippen LogP contribution in [0.2, 0.25) is 5.02 Å². The number of aryl methyl sites for hydroxylation is 1. The van der Waals surface area contributed by atoms with Gasteiger partial charge < -0.3 is 4.52 Å². The summed E-state index contributed by atoms with van der Waals surface area (Å²) in [5, 5.41) is 4.54. The molecule has 0 saturated carbocycles. The van der Waals surface area contributed by atoms with Crippen LogP contribution in [0.25, 0.3) is 22.2 Å². The molecule has 0 aliphatic rings. The fraction of sp³-hybridized carbons (Fsp3) is 0.294. The Morgan fingerprint density at radius 2 is 2.12 bits per heavy atom. The molecule has 2 heterocycles. The molecule has 26 heavy (non-hydrogen) atoms. The summed E-state index contributed by atoms with van der Waals surface area (Å²) in [7, 11) is -3.59. The smallest absolute Gasteiger partial charge is 0.268 e. The standard InChI is InChI=1S/C17H18ClN3O3S2/c1-4-10(2)21-26(22,23)15-9-14(25-11(15)3)17-19-16(20-24-17)12-6-5-7-13(18)8-12/h5-10,21H,4H2,1-3H3/t10-/m1/s1. The number of hydrogen-bond donors (Lipinski definition) is 1. The van der Waals surface area contributed by atoms with E-state index in [1.807, 2.05) is 19.9 Å². The highest BCUT2D eigenvalue weighted by Crippen LogP contribution is 2.34. The maximum absolute atomic E-state index is 12.5. The molecule has 3 aromatic rings. The third kappa shape index (κ3) is 3.98. The summed E-state index contributed by atoms with van der Waals surface area (Å²) in [6, 6.07) is 8.55. The van der Waals surface area contributed by atoms with E-state index in [2.05, 4.69) is 14.9 Å². The van der Waals surface area contributed by atoms with Gasteiger partial charge in [-0.15, -0.1) is 11.3 Å². The lowest BCUT2D eigenvalue weighted by molar-refractivity contribution is 0.433. The molecule has 0 amide bonds. The minimum absolute atomic E-state index is 0.138. The van der Waals surface area contributed by atoms with Crippen LogP contribution in [0.15, 0.2) is 39.8 Å². The third-order valence-electron chi connectivity index (χ3n) is 3.85. The van der Waals surface area contributed by atoms with Gasteiger partial charge in [0, 0.05) is 21.5 Å². The van der Waals surface area contributed by atoms with Crippen molar-refractivity contribution in [2.45, 2.75) is 38.1 Å². The first kappa shape index (κ1) is 19.0. The van der Waals surface area contributed by atoms with Crippen molar-refractivity contribution in [1.29, 1.82) is 0 Å². The summed E-state index contributed by atoms with van der Waals surface area (Å²) in [5.74, 6) is 0.675. The Hall–Kier alpha value is -1.74. The van der Waals surface area contributed by atoms with E-state index in [9.17, 15) is 8.42 Å². The molecule has 1 atom stereocenters. The van der Waals surface area contributed by atoms with E-state index < -0.39 is 10.0 Å². The number of hydrogen-bond acceptors (Lipinski definition) is 6. The van der Waals surface area contributed by atoms with Crippen molar-refractivity contribution in [3.63, 3.8) is 0 Å². The average molecular weight is 412 g/mol. The molecule has 0 bridgehead atoms. The lowest BCUT2D eigenvalue weighted by Crippen LogP contribution is -2.32. The highest BCUT2D eigenvalue weighted by Gasteiger charge is 2.24. The van der Waals surface area contributed by atoms with Gasteiger partial charge in [-0.05, 0) is 38.5 Å². The Kier molecular flexibility index (Phi) is 5.47. The topological polar surface area (TPSA) is 85.1 Å². The van der Waals surface area contributed by atoms with Crippen LogP contribution < -0.4 is 4.72 Å². The average Bonchev–Trinajstić information content (AvgIpc) is 3.21. The SMILES string of the molecule is CC[C@@H](C)NS(=O)(=O)c1cc(-c2nc(-c3cccc(Cl)c3)no2)sc1C. The van der Waals surface area contributed by atoms with Crippen molar-refractivity contribution in [3.8, 4) is 22.2 Å². The Balaban J connectivity index is 1.93. The Morgan fingerprint density at radius 1 is 1.35 bits per heavy atom. The number of benzene rings is 1. The lowest BCUT2D eigenvalue weighted by atomic mass is 10.2. The Labute approximate surface area is 161 Å². The lowest BCUT2D eigenvalue weighted by Gasteiger charge is -2.11.